The van der Waals surface area contributed by atoms with E-state index in [4.69, 9.17) is 9.47 Å². The number of fused-ring (bicyclic) bond motifs is 1. The van der Waals surface area contributed by atoms with Crippen LogP contribution in [0.1, 0.15) is 33.6 Å². The smallest absolute Gasteiger partial charge is 0.323 e. The lowest BCUT2D eigenvalue weighted by Crippen LogP contribution is -2.39. The van der Waals surface area contributed by atoms with Crippen molar-refractivity contribution in [2.45, 2.75) is 18.9 Å². The third-order valence-electron chi connectivity index (χ3n) is 4.94. The number of imide groups is 1. The maximum absolute atomic E-state index is 12.4. The number of esters is 1. The van der Waals surface area contributed by atoms with Gasteiger partial charge in [-0.2, -0.15) is 0 Å². The molecule has 29 heavy (non-hydrogen) atoms. The molecule has 0 radical (unpaired) electrons. The second-order valence-corrected chi connectivity index (χ2v) is 6.59. The minimum absolute atomic E-state index is 0.183. The van der Waals surface area contributed by atoms with Crippen molar-refractivity contribution in [2.75, 3.05) is 40.0 Å². The van der Waals surface area contributed by atoms with E-state index in [1.807, 2.05) is 4.90 Å². The molecule has 0 aliphatic carbocycles. The predicted molar refractivity (Wildman–Crippen MR) is 96.9 cm³/mol. The Morgan fingerprint density at radius 2 is 1.97 bits per heavy atom. The first-order chi connectivity index (χ1) is 13.9. The van der Waals surface area contributed by atoms with Gasteiger partial charge in [0.2, 0.25) is 0 Å². The molecule has 1 atom stereocenters. The van der Waals surface area contributed by atoms with Crippen LogP contribution in [0.2, 0.25) is 0 Å². The highest BCUT2D eigenvalue weighted by atomic mass is 16.9. The zero-order chi connectivity index (χ0) is 21.0. The molecule has 0 spiro atoms. The summed E-state index contributed by atoms with van der Waals surface area (Å²) in [5.41, 5.74) is 0.399. The van der Waals surface area contributed by atoms with Crippen LogP contribution in [0.3, 0.4) is 0 Å². The van der Waals surface area contributed by atoms with Crippen molar-refractivity contribution in [3.8, 4) is 5.75 Å². The van der Waals surface area contributed by atoms with Gasteiger partial charge in [0.1, 0.15) is 25.0 Å². The molecule has 0 aromatic heterocycles. The molecule has 0 bridgehead atoms. The Morgan fingerprint density at radius 1 is 1.21 bits per heavy atom. The molecule has 156 valence electrons. The lowest BCUT2D eigenvalue weighted by Gasteiger charge is -2.22. The van der Waals surface area contributed by atoms with E-state index in [9.17, 15) is 24.5 Å². The zero-order valence-corrected chi connectivity index (χ0v) is 15.9. The molecule has 2 heterocycles. The fourth-order valence-corrected chi connectivity index (χ4v) is 3.55. The predicted octanol–water partition coefficient (Wildman–Crippen LogP) is 0.507. The van der Waals surface area contributed by atoms with Crippen LogP contribution in [-0.2, 0) is 14.4 Å². The average molecular weight is 407 g/mol. The Hall–Kier alpha value is -3.21. The van der Waals surface area contributed by atoms with Gasteiger partial charge in [-0.3, -0.25) is 24.2 Å². The molecule has 11 nitrogen and oxygen atoms in total. The standard InChI is InChI=1S/C18H21N3O8/c1-27-18(24)15-3-2-6-19(15)7-9-28-12-4-5-13-14(11-12)17(23)20(16(13)22)8-10-29-21(25)26/h4-5,11,15H,2-3,6-10H2,1H3. The average Bonchev–Trinajstić information content (AvgIpc) is 3.26. The first-order valence-electron chi connectivity index (χ1n) is 9.14. The number of carbonyl (C=O) groups is 3. The van der Waals surface area contributed by atoms with Crippen LogP contribution in [0.4, 0.5) is 0 Å². The minimum Gasteiger partial charge on any atom is -0.492 e. The van der Waals surface area contributed by atoms with E-state index in [-0.39, 0.29) is 36.3 Å². The molecule has 11 heteroatoms. The van der Waals surface area contributed by atoms with Gasteiger partial charge in [-0.25, -0.2) is 0 Å². The maximum atomic E-state index is 12.4. The van der Waals surface area contributed by atoms with E-state index < -0.39 is 16.9 Å². The van der Waals surface area contributed by atoms with Crippen LogP contribution < -0.4 is 4.74 Å². The quantitative estimate of drug-likeness (QED) is 0.249. The monoisotopic (exact) mass is 407 g/mol. The summed E-state index contributed by atoms with van der Waals surface area (Å²) in [5.74, 6) is -0.915. The highest BCUT2D eigenvalue weighted by Gasteiger charge is 2.36. The van der Waals surface area contributed by atoms with Gasteiger partial charge in [-0.1, -0.05) is 0 Å². The number of nitrogens with zero attached hydrogens (tertiary/aromatic N) is 3. The molecular formula is C18H21N3O8. The topological polar surface area (TPSA) is 129 Å². The number of rotatable bonds is 9. The highest BCUT2D eigenvalue weighted by Crippen LogP contribution is 2.27. The Bertz CT molecular complexity index is 827. The SMILES string of the molecule is COC(=O)C1CCCN1CCOc1ccc2c(c1)C(=O)N(CCO[N+](=O)[O-])C2=O. The van der Waals surface area contributed by atoms with Gasteiger partial charge in [0.15, 0.2) is 0 Å². The maximum Gasteiger partial charge on any atom is 0.323 e. The summed E-state index contributed by atoms with van der Waals surface area (Å²) in [4.78, 5) is 53.8. The third-order valence-corrected chi connectivity index (χ3v) is 4.94. The van der Waals surface area contributed by atoms with Crippen molar-refractivity contribution in [2.24, 2.45) is 0 Å². The second-order valence-electron chi connectivity index (χ2n) is 6.59. The first kappa shape index (κ1) is 20.5. The molecule has 1 unspecified atom stereocenters. The van der Waals surface area contributed by atoms with Gasteiger partial charge >= 0.3 is 5.97 Å². The summed E-state index contributed by atoms with van der Waals surface area (Å²) in [6.45, 7) is 0.997. The summed E-state index contributed by atoms with van der Waals surface area (Å²) in [6.07, 6.45) is 1.66. The van der Waals surface area contributed by atoms with Crippen molar-refractivity contribution in [3.63, 3.8) is 0 Å². The molecule has 1 fully saturated rings. The third kappa shape index (κ3) is 4.45. The van der Waals surface area contributed by atoms with Crippen molar-refractivity contribution in [1.29, 1.82) is 0 Å². The first-order valence-corrected chi connectivity index (χ1v) is 9.14. The van der Waals surface area contributed by atoms with Gasteiger partial charge < -0.3 is 14.3 Å². The summed E-state index contributed by atoms with van der Waals surface area (Å²) >= 11 is 0. The normalized spacial score (nSPS) is 18.7. The van der Waals surface area contributed by atoms with E-state index >= 15 is 0 Å². The molecule has 1 aromatic carbocycles. The lowest BCUT2D eigenvalue weighted by molar-refractivity contribution is -0.757. The fourth-order valence-electron chi connectivity index (χ4n) is 3.55. The Balaban J connectivity index is 1.57. The second kappa shape index (κ2) is 8.86. The van der Waals surface area contributed by atoms with Gasteiger partial charge in [0, 0.05) is 6.54 Å². The van der Waals surface area contributed by atoms with Crippen LogP contribution in [0.5, 0.6) is 5.75 Å². The summed E-state index contributed by atoms with van der Waals surface area (Å²) in [7, 11) is 1.37. The number of ether oxygens (including phenoxy) is 2. The zero-order valence-electron chi connectivity index (χ0n) is 15.9. The van der Waals surface area contributed by atoms with Crippen molar-refractivity contribution in [1.82, 2.24) is 9.80 Å². The van der Waals surface area contributed by atoms with Gasteiger partial charge in [0.05, 0.1) is 24.8 Å². The molecule has 2 aliphatic rings. The number of hydrogen-bond donors (Lipinski definition) is 0. The number of amides is 2. The van der Waals surface area contributed by atoms with E-state index in [1.165, 1.54) is 19.2 Å². The van der Waals surface area contributed by atoms with Gasteiger partial charge in [-0.05, 0) is 37.6 Å². The van der Waals surface area contributed by atoms with E-state index in [1.54, 1.807) is 6.07 Å². The fraction of sp³-hybridized carbons (Fsp3) is 0.500. The summed E-state index contributed by atoms with van der Waals surface area (Å²) < 4.78 is 10.5. The van der Waals surface area contributed by atoms with Crippen LogP contribution >= 0.6 is 0 Å². The number of methoxy groups -OCH3 is 1. The van der Waals surface area contributed by atoms with Crippen molar-refractivity contribution < 1.29 is 33.8 Å². The minimum atomic E-state index is -0.977. The van der Waals surface area contributed by atoms with Crippen LogP contribution in [0.15, 0.2) is 18.2 Å². The number of benzene rings is 1. The molecule has 1 aromatic rings. The molecule has 3 rings (SSSR count). The van der Waals surface area contributed by atoms with Crippen molar-refractivity contribution >= 4 is 17.8 Å². The van der Waals surface area contributed by atoms with Crippen molar-refractivity contribution in [3.05, 3.63) is 39.4 Å². The Kier molecular flexibility index (Phi) is 6.27. The Morgan fingerprint density at radius 3 is 2.69 bits per heavy atom. The molecular weight excluding hydrogens is 386 g/mol. The Labute approximate surface area is 166 Å². The number of carbonyl (C=O) groups excluding carboxylic acids is 3. The molecule has 2 aliphatic heterocycles. The van der Waals surface area contributed by atoms with E-state index in [0.29, 0.717) is 18.9 Å². The van der Waals surface area contributed by atoms with Crippen LogP contribution in [0.25, 0.3) is 0 Å². The molecule has 0 saturated carbocycles. The van der Waals surface area contributed by atoms with Gasteiger partial charge in [0.25, 0.3) is 16.9 Å². The number of likely N-dealkylation sites (tertiary alicyclic amines) is 1. The summed E-state index contributed by atoms with van der Waals surface area (Å²) in [6, 6.07) is 4.29. The highest BCUT2D eigenvalue weighted by molar-refractivity contribution is 6.21. The van der Waals surface area contributed by atoms with E-state index in [2.05, 4.69) is 4.84 Å². The molecule has 0 N–H and O–H groups in total. The van der Waals surface area contributed by atoms with E-state index in [0.717, 1.165) is 24.3 Å². The number of hydrogen-bond acceptors (Lipinski definition) is 9. The molecule has 1 saturated heterocycles. The summed E-state index contributed by atoms with van der Waals surface area (Å²) in [5, 5.41) is 9.24. The molecule has 2 amide bonds. The lowest BCUT2D eigenvalue weighted by atomic mass is 10.1. The largest absolute Gasteiger partial charge is 0.492 e. The van der Waals surface area contributed by atoms with Crippen LogP contribution in [0, 0.1) is 10.1 Å². The van der Waals surface area contributed by atoms with Gasteiger partial charge in [-0.15, -0.1) is 10.1 Å². The van der Waals surface area contributed by atoms with Crippen LogP contribution in [-0.4, -0.2) is 78.7 Å².